The van der Waals surface area contributed by atoms with Crippen molar-refractivity contribution in [1.29, 1.82) is 0 Å². The molecule has 0 atom stereocenters. The number of hydrogen-bond acceptors (Lipinski definition) is 4. The fraction of sp³-hybridized carbons (Fsp3) is 0.778. The van der Waals surface area contributed by atoms with Crippen molar-refractivity contribution in [3.05, 3.63) is 11.6 Å². The highest BCUT2D eigenvalue weighted by Crippen LogP contribution is 2.37. The number of carbonyl (C=O) groups excluding carboxylic acids is 2. The zero-order chi connectivity index (χ0) is 19.6. The zero-order valence-corrected chi connectivity index (χ0v) is 19.4. The Balaban J connectivity index is 4.83. The average Bonchev–Trinajstić information content (AvgIpc) is 2.31. The van der Waals surface area contributed by atoms with Crippen LogP contribution in [0.3, 0.4) is 0 Å². The highest BCUT2D eigenvalue weighted by atomic mass is 28.4. The summed E-state index contributed by atoms with van der Waals surface area (Å²) in [5.41, 5.74) is 0.465. The van der Waals surface area contributed by atoms with E-state index in [0.29, 0.717) is 5.57 Å². The smallest absolute Gasteiger partial charge is 0.320 e. The van der Waals surface area contributed by atoms with Gasteiger partial charge in [-0.25, -0.2) is 4.79 Å². The first-order valence-corrected chi connectivity index (χ1v) is 14.3. The Labute approximate surface area is 150 Å². The minimum Gasteiger partial charge on any atom is -0.519 e. The van der Waals surface area contributed by atoms with Crippen LogP contribution in [0.15, 0.2) is 11.6 Å². The molecule has 0 saturated heterocycles. The molecule has 0 saturated carbocycles. The van der Waals surface area contributed by atoms with Crippen LogP contribution < -0.4 is 0 Å². The van der Waals surface area contributed by atoms with E-state index in [9.17, 15) is 9.59 Å². The first-order valence-electron chi connectivity index (χ1n) is 8.53. The summed E-state index contributed by atoms with van der Waals surface area (Å²) >= 11 is 0. The van der Waals surface area contributed by atoms with Crippen molar-refractivity contribution >= 4 is 28.6 Å². The Bertz CT molecular complexity index is 506. The second kappa shape index (κ2) is 7.56. The monoisotopic (exact) mass is 372 g/mol. The fourth-order valence-corrected chi connectivity index (χ4v) is 3.15. The summed E-state index contributed by atoms with van der Waals surface area (Å²) in [4.78, 5) is 24.4. The van der Waals surface area contributed by atoms with E-state index in [1.54, 1.807) is 13.0 Å². The number of carbonyl (C=O) groups is 2. The van der Waals surface area contributed by atoms with E-state index in [1.807, 2.05) is 26.2 Å². The molecule has 0 fully saturated rings. The maximum Gasteiger partial charge on any atom is 0.320 e. The van der Waals surface area contributed by atoms with Crippen molar-refractivity contribution in [3.8, 4) is 0 Å². The summed E-state index contributed by atoms with van der Waals surface area (Å²) in [6.07, 6.45) is 1.72. The lowest BCUT2D eigenvalue weighted by Crippen LogP contribution is -2.43. The van der Waals surface area contributed by atoms with Gasteiger partial charge < -0.3 is 8.85 Å². The second-order valence-electron chi connectivity index (χ2n) is 9.48. The molecule has 24 heavy (non-hydrogen) atoms. The molecular weight excluding hydrogens is 336 g/mol. The minimum atomic E-state index is -2.15. The first-order chi connectivity index (χ1) is 10.4. The molecule has 0 rings (SSSR count). The van der Waals surface area contributed by atoms with Crippen LogP contribution in [-0.2, 0) is 18.4 Å². The standard InChI is InChI=1S/C18H36O4Si2/c1-14(16(20)22-24(10,11)18(5,6)7)12-13-15(19)21-23(8,9)17(2,3)4/h12H,13H2,1-11H3/b14-12+. The van der Waals surface area contributed by atoms with Crippen LogP contribution in [0, 0.1) is 0 Å². The third-order valence-electron chi connectivity index (χ3n) is 5.23. The molecule has 6 heteroatoms. The SMILES string of the molecule is C/C(=C\CC(=O)O[Si](C)(C)C(C)(C)C)C(=O)O[Si](C)(C)C(C)(C)C. The second-order valence-corrected chi connectivity index (χ2v) is 18.9. The van der Waals surface area contributed by atoms with Gasteiger partial charge in [-0.05, 0) is 43.2 Å². The predicted molar refractivity (Wildman–Crippen MR) is 105 cm³/mol. The van der Waals surface area contributed by atoms with Gasteiger partial charge in [-0.3, -0.25) is 4.79 Å². The van der Waals surface area contributed by atoms with Crippen LogP contribution in [0.5, 0.6) is 0 Å². The van der Waals surface area contributed by atoms with Crippen molar-refractivity contribution in [2.75, 3.05) is 0 Å². The Kier molecular flexibility index (Phi) is 7.28. The summed E-state index contributed by atoms with van der Waals surface area (Å²) in [5, 5.41) is -0.0626. The maximum atomic E-state index is 12.3. The lowest BCUT2D eigenvalue weighted by molar-refractivity contribution is -0.134. The molecule has 0 aliphatic heterocycles. The van der Waals surface area contributed by atoms with Crippen molar-refractivity contribution in [3.63, 3.8) is 0 Å². The fourth-order valence-electron chi connectivity index (χ4n) is 1.26. The van der Waals surface area contributed by atoms with Gasteiger partial charge in [-0.15, -0.1) is 0 Å². The predicted octanol–water partition coefficient (Wildman–Crippen LogP) is 5.42. The molecule has 0 aliphatic carbocycles. The molecule has 0 radical (unpaired) electrons. The topological polar surface area (TPSA) is 52.6 Å². The Morgan fingerprint density at radius 1 is 0.833 bits per heavy atom. The van der Waals surface area contributed by atoms with E-state index in [2.05, 4.69) is 41.5 Å². The molecule has 0 N–H and O–H groups in total. The molecule has 0 unspecified atom stereocenters. The minimum absolute atomic E-state index is 0.0251. The van der Waals surface area contributed by atoms with Gasteiger partial charge >= 0.3 is 5.97 Å². The van der Waals surface area contributed by atoms with E-state index in [4.69, 9.17) is 8.85 Å². The third kappa shape index (κ3) is 6.55. The third-order valence-corrected chi connectivity index (χ3v) is 13.9. The molecule has 0 heterocycles. The summed E-state index contributed by atoms with van der Waals surface area (Å²) in [6.45, 7) is 22.3. The van der Waals surface area contributed by atoms with Gasteiger partial charge in [0.2, 0.25) is 0 Å². The van der Waals surface area contributed by atoms with Crippen molar-refractivity contribution in [1.82, 2.24) is 0 Å². The zero-order valence-electron chi connectivity index (χ0n) is 17.4. The van der Waals surface area contributed by atoms with Crippen molar-refractivity contribution < 1.29 is 18.4 Å². The first kappa shape index (κ1) is 23.1. The van der Waals surface area contributed by atoms with Crippen LogP contribution >= 0.6 is 0 Å². The lowest BCUT2D eigenvalue weighted by Gasteiger charge is -2.35. The average molecular weight is 373 g/mol. The molecule has 0 aliphatic rings. The Morgan fingerprint density at radius 3 is 1.58 bits per heavy atom. The van der Waals surface area contributed by atoms with Crippen molar-refractivity contribution in [2.45, 2.75) is 91.2 Å². The summed E-state index contributed by atoms with van der Waals surface area (Å²) < 4.78 is 11.4. The van der Waals surface area contributed by atoms with Crippen LogP contribution in [0.2, 0.25) is 36.3 Å². The van der Waals surface area contributed by atoms with Gasteiger partial charge in [-0.1, -0.05) is 47.6 Å². The van der Waals surface area contributed by atoms with Crippen LogP contribution in [0.25, 0.3) is 0 Å². The molecular formula is C18H36O4Si2. The molecule has 0 aromatic rings. The summed E-state index contributed by atoms with van der Waals surface area (Å²) in [5.74, 6) is -0.609. The maximum absolute atomic E-state index is 12.3. The molecule has 0 aromatic carbocycles. The van der Waals surface area contributed by atoms with Crippen LogP contribution in [-0.4, -0.2) is 28.6 Å². The van der Waals surface area contributed by atoms with E-state index in [1.165, 1.54) is 0 Å². The molecule has 4 nitrogen and oxygen atoms in total. The van der Waals surface area contributed by atoms with Crippen LogP contribution in [0.4, 0.5) is 0 Å². The largest absolute Gasteiger partial charge is 0.519 e. The highest BCUT2D eigenvalue weighted by Gasteiger charge is 2.41. The molecule has 0 bridgehead atoms. The molecule has 0 aromatic heterocycles. The lowest BCUT2D eigenvalue weighted by atomic mass is 10.2. The van der Waals surface area contributed by atoms with Gasteiger partial charge in [0.25, 0.3) is 22.6 Å². The number of hydrogen-bond donors (Lipinski definition) is 0. The van der Waals surface area contributed by atoms with E-state index < -0.39 is 16.6 Å². The van der Waals surface area contributed by atoms with E-state index >= 15 is 0 Å². The van der Waals surface area contributed by atoms with E-state index in [0.717, 1.165) is 0 Å². The van der Waals surface area contributed by atoms with Gasteiger partial charge in [0.15, 0.2) is 0 Å². The Morgan fingerprint density at radius 2 is 1.21 bits per heavy atom. The van der Waals surface area contributed by atoms with Gasteiger partial charge in [-0.2, -0.15) is 0 Å². The van der Waals surface area contributed by atoms with Crippen LogP contribution in [0.1, 0.15) is 54.9 Å². The van der Waals surface area contributed by atoms with Gasteiger partial charge in [0.1, 0.15) is 0 Å². The normalized spacial score (nSPS) is 14.4. The molecule has 0 amide bonds. The summed E-state index contributed by atoms with van der Waals surface area (Å²) in [6, 6.07) is 0. The van der Waals surface area contributed by atoms with Gasteiger partial charge in [0, 0.05) is 5.57 Å². The highest BCUT2D eigenvalue weighted by molar-refractivity contribution is 6.76. The van der Waals surface area contributed by atoms with Crippen molar-refractivity contribution in [2.24, 2.45) is 0 Å². The van der Waals surface area contributed by atoms with E-state index in [-0.39, 0.29) is 28.4 Å². The summed E-state index contributed by atoms with van der Waals surface area (Å²) in [7, 11) is -4.27. The molecule has 0 spiro atoms. The number of rotatable bonds is 5. The molecule has 140 valence electrons. The quantitative estimate of drug-likeness (QED) is 0.477. The van der Waals surface area contributed by atoms with Gasteiger partial charge in [0.05, 0.1) is 6.42 Å². The Hall–Kier alpha value is -0.886.